The van der Waals surface area contributed by atoms with Gasteiger partial charge in [-0.2, -0.15) is 0 Å². The van der Waals surface area contributed by atoms with E-state index in [4.69, 9.17) is 4.74 Å². The monoisotopic (exact) mass is 353 g/mol. The summed E-state index contributed by atoms with van der Waals surface area (Å²) in [5, 5.41) is 1.80. The number of rotatable bonds is 3. The number of fused-ring (bicyclic) bond motifs is 1. The molecule has 1 aromatic carbocycles. The zero-order chi connectivity index (χ0) is 17.4. The number of allylic oxidation sites excluding steroid dienone is 2. The van der Waals surface area contributed by atoms with Crippen molar-refractivity contribution in [2.45, 2.75) is 12.8 Å². The van der Waals surface area contributed by atoms with Gasteiger partial charge < -0.3 is 4.74 Å². The van der Waals surface area contributed by atoms with Crippen LogP contribution in [0.2, 0.25) is 0 Å². The molecule has 0 unspecified atom stereocenters. The quantitative estimate of drug-likeness (QED) is 0.367. The predicted octanol–water partition coefficient (Wildman–Crippen LogP) is 3.42. The molecule has 4 rings (SSSR count). The van der Waals surface area contributed by atoms with E-state index in [2.05, 4.69) is 0 Å². The lowest BCUT2D eigenvalue weighted by atomic mass is 9.85. The van der Waals surface area contributed by atoms with Gasteiger partial charge in [0, 0.05) is 6.07 Å². The molecule has 2 amide bonds. The highest BCUT2D eigenvalue weighted by Gasteiger charge is 2.47. The Morgan fingerprint density at radius 2 is 1.76 bits per heavy atom. The van der Waals surface area contributed by atoms with Crippen LogP contribution in [0.15, 0.2) is 53.9 Å². The van der Waals surface area contributed by atoms with E-state index in [1.807, 2.05) is 12.2 Å². The summed E-state index contributed by atoms with van der Waals surface area (Å²) in [6, 6.07) is 10.0. The van der Waals surface area contributed by atoms with Crippen LogP contribution in [0, 0.1) is 11.8 Å². The van der Waals surface area contributed by atoms with E-state index < -0.39 is 5.97 Å². The Morgan fingerprint density at radius 1 is 1.04 bits per heavy atom. The highest BCUT2D eigenvalue weighted by molar-refractivity contribution is 7.12. The molecule has 2 heterocycles. The number of imide groups is 1. The third kappa shape index (κ3) is 2.78. The van der Waals surface area contributed by atoms with Crippen LogP contribution in [0.4, 0.5) is 5.69 Å². The van der Waals surface area contributed by atoms with Crippen LogP contribution in [0.5, 0.6) is 5.75 Å². The molecule has 0 spiro atoms. The fraction of sp³-hybridized carbons (Fsp3) is 0.211. The lowest BCUT2D eigenvalue weighted by Gasteiger charge is -2.15. The molecule has 1 aliphatic carbocycles. The van der Waals surface area contributed by atoms with Crippen molar-refractivity contribution in [1.29, 1.82) is 0 Å². The fourth-order valence-electron chi connectivity index (χ4n) is 3.29. The lowest BCUT2D eigenvalue weighted by Crippen LogP contribution is -2.30. The summed E-state index contributed by atoms with van der Waals surface area (Å²) in [5.41, 5.74) is 0.445. The van der Waals surface area contributed by atoms with Crippen LogP contribution in [0.25, 0.3) is 0 Å². The van der Waals surface area contributed by atoms with Gasteiger partial charge in [0.25, 0.3) is 0 Å². The summed E-state index contributed by atoms with van der Waals surface area (Å²) in [4.78, 5) is 39.1. The van der Waals surface area contributed by atoms with E-state index in [1.165, 1.54) is 16.2 Å². The molecule has 0 N–H and O–H groups in total. The molecule has 0 bridgehead atoms. The Hall–Kier alpha value is -2.73. The first-order chi connectivity index (χ1) is 12.1. The van der Waals surface area contributed by atoms with E-state index in [0.717, 1.165) is 0 Å². The minimum absolute atomic E-state index is 0.180. The molecule has 2 aromatic rings. The second-order valence-electron chi connectivity index (χ2n) is 6.03. The number of ether oxygens (including phenoxy) is 1. The number of nitrogens with zero attached hydrogens (tertiary/aromatic N) is 1. The van der Waals surface area contributed by atoms with Crippen molar-refractivity contribution in [2.24, 2.45) is 11.8 Å². The van der Waals surface area contributed by atoms with Gasteiger partial charge in [0.05, 0.1) is 17.5 Å². The molecule has 126 valence electrons. The van der Waals surface area contributed by atoms with Crippen molar-refractivity contribution < 1.29 is 19.1 Å². The number of hydrogen-bond donors (Lipinski definition) is 0. The first kappa shape index (κ1) is 15.8. The van der Waals surface area contributed by atoms with Gasteiger partial charge in [-0.1, -0.05) is 24.3 Å². The van der Waals surface area contributed by atoms with Crippen LogP contribution >= 0.6 is 11.3 Å². The molecule has 2 aliphatic rings. The summed E-state index contributed by atoms with van der Waals surface area (Å²) in [7, 11) is 0. The van der Waals surface area contributed by atoms with Gasteiger partial charge in [0.15, 0.2) is 0 Å². The Morgan fingerprint density at radius 3 is 2.40 bits per heavy atom. The van der Waals surface area contributed by atoms with Gasteiger partial charge in [0.2, 0.25) is 11.8 Å². The van der Waals surface area contributed by atoms with Crippen LogP contribution < -0.4 is 9.64 Å². The van der Waals surface area contributed by atoms with Crippen LogP contribution in [0.3, 0.4) is 0 Å². The number of anilines is 1. The van der Waals surface area contributed by atoms with Crippen LogP contribution in [-0.2, 0) is 9.59 Å². The van der Waals surface area contributed by atoms with E-state index >= 15 is 0 Å². The van der Waals surface area contributed by atoms with Gasteiger partial charge in [-0.15, -0.1) is 11.3 Å². The summed E-state index contributed by atoms with van der Waals surface area (Å²) in [5.74, 6) is -1.07. The summed E-state index contributed by atoms with van der Waals surface area (Å²) in [6.45, 7) is 0. The highest BCUT2D eigenvalue weighted by atomic mass is 32.1. The molecular weight excluding hydrogens is 338 g/mol. The Labute approximate surface area is 148 Å². The minimum Gasteiger partial charge on any atom is -0.422 e. The van der Waals surface area contributed by atoms with Gasteiger partial charge >= 0.3 is 5.97 Å². The maximum Gasteiger partial charge on any atom is 0.353 e. The number of benzene rings is 1. The fourth-order valence-corrected chi connectivity index (χ4v) is 3.89. The first-order valence-electron chi connectivity index (χ1n) is 8.03. The van der Waals surface area contributed by atoms with E-state index in [-0.39, 0.29) is 23.7 Å². The van der Waals surface area contributed by atoms with Crippen LogP contribution in [0.1, 0.15) is 22.5 Å². The van der Waals surface area contributed by atoms with Gasteiger partial charge in [-0.05, 0) is 36.4 Å². The highest BCUT2D eigenvalue weighted by Crippen LogP contribution is 2.38. The van der Waals surface area contributed by atoms with E-state index in [9.17, 15) is 14.4 Å². The molecule has 1 aromatic heterocycles. The predicted molar refractivity (Wildman–Crippen MR) is 93.6 cm³/mol. The molecule has 1 saturated heterocycles. The largest absolute Gasteiger partial charge is 0.422 e. The molecule has 2 atom stereocenters. The molecule has 5 nitrogen and oxygen atoms in total. The van der Waals surface area contributed by atoms with Gasteiger partial charge in [0.1, 0.15) is 10.6 Å². The van der Waals surface area contributed by atoms with Crippen molar-refractivity contribution in [1.82, 2.24) is 0 Å². The number of carbonyl (C=O) groups is 3. The van der Waals surface area contributed by atoms with Gasteiger partial charge in [-0.25, -0.2) is 9.69 Å². The SMILES string of the molecule is O=C(Oc1cccc(N2C(=O)[C@H]3CC=CC[C@H]3C2=O)c1)c1cccs1. The maximum absolute atomic E-state index is 12.6. The van der Waals surface area contributed by atoms with Crippen molar-refractivity contribution in [3.63, 3.8) is 0 Å². The minimum atomic E-state index is -0.455. The average Bonchev–Trinajstić information content (AvgIpc) is 3.24. The van der Waals surface area contributed by atoms with Crippen molar-refractivity contribution in [3.05, 3.63) is 58.8 Å². The molecule has 0 saturated carbocycles. The Kier molecular flexibility index (Phi) is 3.97. The van der Waals surface area contributed by atoms with Crippen molar-refractivity contribution in [3.8, 4) is 5.75 Å². The number of hydrogen-bond acceptors (Lipinski definition) is 5. The average molecular weight is 353 g/mol. The molecule has 6 heteroatoms. The van der Waals surface area contributed by atoms with Crippen LogP contribution in [-0.4, -0.2) is 17.8 Å². The summed E-state index contributed by atoms with van der Waals surface area (Å²) < 4.78 is 5.36. The lowest BCUT2D eigenvalue weighted by molar-refractivity contribution is -0.122. The number of amides is 2. The second kappa shape index (κ2) is 6.29. The smallest absolute Gasteiger partial charge is 0.353 e. The van der Waals surface area contributed by atoms with E-state index in [1.54, 1.807) is 41.8 Å². The maximum atomic E-state index is 12.6. The zero-order valence-electron chi connectivity index (χ0n) is 13.3. The first-order valence-corrected chi connectivity index (χ1v) is 8.91. The third-order valence-electron chi connectivity index (χ3n) is 4.52. The molecule has 1 aliphatic heterocycles. The van der Waals surface area contributed by atoms with Crippen molar-refractivity contribution >= 4 is 34.8 Å². The Balaban J connectivity index is 1.58. The van der Waals surface area contributed by atoms with E-state index in [0.29, 0.717) is 29.2 Å². The standard InChI is InChI=1S/C19H15NO4S/c21-17-14-7-1-2-8-15(14)18(22)20(17)12-5-3-6-13(11-12)24-19(23)16-9-4-10-25-16/h1-6,9-11,14-15H,7-8H2/t14-,15+. The number of thiophene rings is 1. The number of esters is 1. The molecule has 1 fully saturated rings. The van der Waals surface area contributed by atoms with Crippen molar-refractivity contribution in [2.75, 3.05) is 4.90 Å². The molecular formula is C19H15NO4S. The summed E-state index contributed by atoms with van der Waals surface area (Å²) >= 11 is 1.29. The second-order valence-corrected chi connectivity index (χ2v) is 6.98. The number of carbonyl (C=O) groups excluding carboxylic acids is 3. The normalized spacial score (nSPS) is 22.2. The topological polar surface area (TPSA) is 63.7 Å². The molecule has 25 heavy (non-hydrogen) atoms. The zero-order valence-corrected chi connectivity index (χ0v) is 14.1. The Bertz CT molecular complexity index is 845. The summed E-state index contributed by atoms with van der Waals surface area (Å²) in [6.07, 6.45) is 5.10. The van der Waals surface area contributed by atoms with Gasteiger partial charge in [-0.3, -0.25) is 9.59 Å². The third-order valence-corrected chi connectivity index (χ3v) is 5.37. The molecule has 0 radical (unpaired) electrons.